The Morgan fingerprint density at radius 1 is 0.710 bits per heavy atom. The van der Waals surface area contributed by atoms with Crippen LogP contribution < -0.4 is 16.6 Å². The molecule has 3 aliphatic heterocycles. The zero-order chi connectivity index (χ0) is 46.1. The molecule has 3 fully saturated rings. The van der Waals surface area contributed by atoms with Gasteiger partial charge in [0.25, 0.3) is 0 Å². The molecule has 0 aromatic heterocycles. The van der Waals surface area contributed by atoms with Gasteiger partial charge in [-0.25, -0.2) is 0 Å². The van der Waals surface area contributed by atoms with Gasteiger partial charge in [0.1, 0.15) is 17.3 Å². The van der Waals surface area contributed by atoms with Crippen LogP contribution in [0.25, 0.3) is 0 Å². The molecule has 0 radical (unpaired) electrons. The zero-order valence-electron chi connectivity index (χ0n) is 36.7. The van der Waals surface area contributed by atoms with Gasteiger partial charge in [0.05, 0.1) is 24.2 Å². The molecule has 3 rings (SSSR count). The lowest BCUT2D eigenvalue weighted by atomic mass is 9.86. The summed E-state index contributed by atoms with van der Waals surface area (Å²) < 4.78 is 0. The maximum atomic E-state index is 14.0. The molecule has 3 amide bonds. The molecular formula is C44H67N6O12-. The quantitative estimate of drug-likeness (QED) is 0.0556. The Labute approximate surface area is 363 Å². The van der Waals surface area contributed by atoms with Crippen molar-refractivity contribution >= 4 is 64.3 Å². The highest BCUT2D eigenvalue weighted by Crippen LogP contribution is 2.29. The number of aliphatic hydroxyl groups excluding tert-OH is 1. The first-order valence-corrected chi connectivity index (χ1v) is 22.3. The fraction of sp³-hybridized carbons (Fsp3) is 0.750. The molecule has 3 aliphatic rings. The lowest BCUT2D eigenvalue weighted by Gasteiger charge is -2.28. The van der Waals surface area contributed by atoms with E-state index in [1.54, 1.807) is 0 Å². The van der Waals surface area contributed by atoms with Gasteiger partial charge in [-0.3, -0.25) is 48.1 Å². The minimum atomic E-state index is -1.35. The number of nitrogens with zero attached hydrogens (tertiary/aromatic N) is 4. The SMILES string of the molecule is CCC(C)C(=O)CCC(=O)N1CCCC1C(=O)CC(CCCN=C(N)N)C(=O)CCC(=O)CC(CCCC(=O)[O-])C(=O)N1CC(O)CC1C(=O)CCC(=O)N1CCCC1C(C)=O. The Hall–Kier alpha value is -4.87. The van der Waals surface area contributed by atoms with Gasteiger partial charge >= 0.3 is 0 Å². The molecule has 0 bridgehead atoms. The number of nitrogens with two attached hydrogens (primary N) is 2. The second-order valence-corrected chi connectivity index (χ2v) is 17.2. The Morgan fingerprint density at radius 3 is 1.92 bits per heavy atom. The molecule has 7 atom stereocenters. The number of ketones is 6. The summed E-state index contributed by atoms with van der Waals surface area (Å²) in [5.74, 6) is -6.62. The predicted molar refractivity (Wildman–Crippen MR) is 223 cm³/mol. The van der Waals surface area contributed by atoms with Crippen molar-refractivity contribution in [1.29, 1.82) is 0 Å². The van der Waals surface area contributed by atoms with E-state index >= 15 is 0 Å². The van der Waals surface area contributed by atoms with E-state index in [4.69, 9.17) is 11.5 Å². The van der Waals surface area contributed by atoms with E-state index in [0.717, 1.165) is 0 Å². The van der Waals surface area contributed by atoms with Crippen molar-refractivity contribution < 1.29 is 58.2 Å². The van der Waals surface area contributed by atoms with Crippen LogP contribution in [0.2, 0.25) is 0 Å². The summed E-state index contributed by atoms with van der Waals surface area (Å²) in [5.41, 5.74) is 10.9. The molecule has 0 saturated carbocycles. The number of carboxylic acids is 1. The molecule has 18 nitrogen and oxygen atoms in total. The number of guanidine groups is 1. The van der Waals surface area contributed by atoms with Crippen molar-refractivity contribution in [1.82, 2.24) is 14.7 Å². The topological polar surface area (TPSA) is 288 Å². The summed E-state index contributed by atoms with van der Waals surface area (Å²) in [4.78, 5) is 138. The van der Waals surface area contributed by atoms with E-state index in [1.165, 1.54) is 21.6 Å². The maximum absolute atomic E-state index is 14.0. The number of likely N-dealkylation sites (tertiary alicyclic amines) is 3. The maximum Gasteiger partial charge on any atom is 0.226 e. The highest BCUT2D eigenvalue weighted by atomic mass is 16.4. The van der Waals surface area contributed by atoms with Crippen LogP contribution in [0, 0.1) is 17.8 Å². The summed E-state index contributed by atoms with van der Waals surface area (Å²) in [6, 6.07) is -2.36. The predicted octanol–water partition coefficient (Wildman–Crippen LogP) is 0.738. The zero-order valence-corrected chi connectivity index (χ0v) is 36.7. The summed E-state index contributed by atoms with van der Waals surface area (Å²) >= 11 is 0. The summed E-state index contributed by atoms with van der Waals surface area (Å²) in [5, 5.41) is 21.8. The van der Waals surface area contributed by atoms with Gasteiger partial charge in [-0.2, -0.15) is 0 Å². The van der Waals surface area contributed by atoms with Gasteiger partial charge in [0.2, 0.25) is 17.7 Å². The van der Waals surface area contributed by atoms with Crippen LogP contribution in [0.5, 0.6) is 0 Å². The fourth-order valence-corrected chi connectivity index (χ4v) is 8.82. The molecule has 0 aliphatic carbocycles. The normalized spacial score (nSPS) is 21.3. The van der Waals surface area contributed by atoms with Crippen molar-refractivity contribution in [2.45, 2.75) is 167 Å². The first-order chi connectivity index (χ1) is 29.3. The monoisotopic (exact) mass is 871 g/mol. The molecule has 3 heterocycles. The van der Waals surface area contributed by atoms with Gasteiger partial charge in [0.15, 0.2) is 23.3 Å². The molecule has 0 aromatic rings. The number of Topliss-reactive ketones (excluding diaryl/α,β-unsaturated/α-hetero) is 6. The smallest absolute Gasteiger partial charge is 0.226 e. The van der Waals surface area contributed by atoms with Gasteiger partial charge < -0.3 is 41.2 Å². The molecule has 62 heavy (non-hydrogen) atoms. The largest absolute Gasteiger partial charge is 0.550 e. The highest BCUT2D eigenvalue weighted by Gasteiger charge is 2.42. The number of hydrogen-bond donors (Lipinski definition) is 3. The van der Waals surface area contributed by atoms with Crippen molar-refractivity contribution in [2.24, 2.45) is 34.2 Å². The van der Waals surface area contributed by atoms with Crippen molar-refractivity contribution in [3.63, 3.8) is 0 Å². The molecule has 346 valence electrons. The highest BCUT2D eigenvalue weighted by molar-refractivity contribution is 5.97. The first kappa shape index (κ1) is 51.5. The Kier molecular flexibility index (Phi) is 21.0. The lowest BCUT2D eigenvalue weighted by molar-refractivity contribution is -0.305. The number of carbonyl (C=O) groups is 10. The number of carbonyl (C=O) groups excluding carboxylic acids is 10. The number of aliphatic imine (C=N–C) groups is 1. The van der Waals surface area contributed by atoms with Gasteiger partial charge in [0, 0.05) is 108 Å². The molecule has 0 spiro atoms. The Bertz CT molecular complexity index is 1690. The van der Waals surface area contributed by atoms with E-state index in [2.05, 4.69) is 4.99 Å². The number of rotatable bonds is 28. The molecule has 7 unspecified atom stereocenters. The average molecular weight is 872 g/mol. The summed E-state index contributed by atoms with van der Waals surface area (Å²) in [6.45, 7) is 5.86. The number of amides is 3. The summed E-state index contributed by atoms with van der Waals surface area (Å²) in [7, 11) is 0. The minimum absolute atomic E-state index is 0.00860. The third kappa shape index (κ3) is 15.8. The van der Waals surface area contributed by atoms with E-state index in [0.29, 0.717) is 51.6 Å². The number of β-amino-alcohol motifs (C(OH)–C–C–N with tert-alkyl or cyclic N) is 1. The number of aliphatic hydroxyl groups is 1. The summed E-state index contributed by atoms with van der Waals surface area (Å²) in [6.07, 6.45) is 0.405. The van der Waals surface area contributed by atoms with Crippen LogP contribution in [0.3, 0.4) is 0 Å². The van der Waals surface area contributed by atoms with E-state index in [9.17, 15) is 58.2 Å². The van der Waals surface area contributed by atoms with Gasteiger partial charge in [-0.15, -0.1) is 0 Å². The van der Waals surface area contributed by atoms with Gasteiger partial charge in [-0.05, 0) is 71.1 Å². The number of carboxylic acid groups (broad SMARTS) is 1. The molecule has 5 N–H and O–H groups in total. The molecule has 0 aromatic carbocycles. The van der Waals surface area contributed by atoms with Crippen molar-refractivity contribution in [3.05, 3.63) is 0 Å². The second kappa shape index (κ2) is 25.3. The fourth-order valence-electron chi connectivity index (χ4n) is 8.82. The first-order valence-electron chi connectivity index (χ1n) is 22.3. The van der Waals surface area contributed by atoms with Gasteiger partial charge in [-0.1, -0.05) is 13.8 Å². The van der Waals surface area contributed by atoms with Crippen molar-refractivity contribution in [3.8, 4) is 0 Å². The van der Waals surface area contributed by atoms with Crippen molar-refractivity contribution in [2.75, 3.05) is 26.2 Å². The van der Waals surface area contributed by atoms with E-state index in [-0.39, 0.29) is 137 Å². The third-order valence-electron chi connectivity index (χ3n) is 12.6. The standard InChI is InChI=1S/C44H68N6O12/c1-4-27(2)36(54)16-18-41(59)49-22-8-12-34(49)39(57)24-29(10-6-20-47-44(45)46)37(55)15-14-31(52)23-30(9-5-13-42(60)61)43(62)50-26-32(53)25-35(50)38(56)17-19-40(58)48-21-7-11-33(48)28(3)51/h27,29-30,32-35,53H,4-26H2,1-3H3,(H,60,61)(H4,45,46,47)/p-1. The van der Waals surface area contributed by atoms with Crippen LogP contribution in [-0.2, 0) is 47.9 Å². The lowest BCUT2D eigenvalue weighted by Crippen LogP contribution is -2.45. The third-order valence-corrected chi connectivity index (χ3v) is 12.6. The van der Waals surface area contributed by atoms with Crippen LogP contribution >= 0.6 is 0 Å². The Morgan fingerprint density at radius 2 is 1.31 bits per heavy atom. The molecule has 3 saturated heterocycles. The van der Waals surface area contributed by atoms with Crippen LogP contribution in [0.1, 0.15) is 143 Å². The average Bonchev–Trinajstić information content (AvgIpc) is 4.01. The van der Waals surface area contributed by atoms with Crippen LogP contribution in [-0.4, -0.2) is 135 Å². The van der Waals surface area contributed by atoms with Crippen LogP contribution in [0.15, 0.2) is 4.99 Å². The Balaban J connectivity index is 1.67. The second-order valence-electron chi connectivity index (χ2n) is 17.2. The van der Waals surface area contributed by atoms with E-state index < -0.39 is 65.9 Å². The molecule has 18 heteroatoms. The molecular weight excluding hydrogens is 805 g/mol. The van der Waals surface area contributed by atoms with Crippen LogP contribution in [0.4, 0.5) is 0 Å². The number of aliphatic carboxylic acids is 1. The minimum Gasteiger partial charge on any atom is -0.550 e. The van der Waals surface area contributed by atoms with E-state index in [1.807, 2.05) is 13.8 Å². The number of hydrogen-bond acceptors (Lipinski definition) is 13.